The van der Waals surface area contributed by atoms with Crippen LogP contribution in [0.3, 0.4) is 0 Å². The Kier molecular flexibility index (Phi) is 3.95. The summed E-state index contributed by atoms with van der Waals surface area (Å²) in [6, 6.07) is 12.2. The van der Waals surface area contributed by atoms with Gasteiger partial charge >= 0.3 is 0 Å². The van der Waals surface area contributed by atoms with Crippen LogP contribution in [-0.4, -0.2) is 17.7 Å². The number of fused-ring (bicyclic) bond motifs is 1. The van der Waals surface area contributed by atoms with E-state index in [9.17, 15) is 0 Å². The molecule has 2 aromatic rings. The van der Waals surface area contributed by atoms with Crippen molar-refractivity contribution in [3.05, 3.63) is 48.2 Å². The van der Waals surface area contributed by atoms with Crippen molar-refractivity contribution in [2.24, 2.45) is 0 Å². The molecule has 1 unspecified atom stereocenters. The van der Waals surface area contributed by atoms with E-state index in [1.54, 1.807) is 6.20 Å². The van der Waals surface area contributed by atoms with Gasteiger partial charge < -0.3 is 14.8 Å². The topological polar surface area (TPSA) is 43.4 Å². The van der Waals surface area contributed by atoms with Gasteiger partial charge in [-0.05, 0) is 32.0 Å². The zero-order chi connectivity index (χ0) is 14.7. The predicted octanol–water partition coefficient (Wildman–Crippen LogP) is 3.80. The summed E-state index contributed by atoms with van der Waals surface area (Å²) in [5.41, 5.74) is 1.17. The van der Waals surface area contributed by atoms with Crippen molar-refractivity contribution >= 4 is 5.82 Å². The maximum atomic E-state index is 5.82. The lowest BCUT2D eigenvalue weighted by Crippen LogP contribution is -2.21. The van der Waals surface area contributed by atoms with E-state index in [-0.39, 0.29) is 12.1 Å². The minimum Gasteiger partial charge on any atom is -0.493 e. The molecule has 4 heteroatoms. The highest BCUT2D eigenvalue weighted by molar-refractivity contribution is 5.52. The van der Waals surface area contributed by atoms with E-state index in [1.165, 1.54) is 5.56 Å². The SMILES string of the molecule is CC(C)Oc1cccnc1NC1CCOc2ccccc21. The van der Waals surface area contributed by atoms with Crippen LogP contribution in [0, 0.1) is 0 Å². The molecule has 1 aromatic heterocycles. The number of hydrogen-bond donors (Lipinski definition) is 1. The van der Waals surface area contributed by atoms with E-state index in [1.807, 2.05) is 44.2 Å². The second kappa shape index (κ2) is 6.04. The molecule has 21 heavy (non-hydrogen) atoms. The first kappa shape index (κ1) is 13.7. The van der Waals surface area contributed by atoms with Crippen molar-refractivity contribution in [3.63, 3.8) is 0 Å². The highest BCUT2D eigenvalue weighted by atomic mass is 16.5. The van der Waals surface area contributed by atoms with Gasteiger partial charge in [0.2, 0.25) is 0 Å². The highest BCUT2D eigenvalue weighted by Crippen LogP contribution is 2.35. The number of ether oxygens (including phenoxy) is 2. The third-order valence-corrected chi connectivity index (χ3v) is 3.40. The molecule has 4 nitrogen and oxygen atoms in total. The fourth-order valence-corrected chi connectivity index (χ4v) is 2.51. The van der Waals surface area contributed by atoms with Crippen LogP contribution < -0.4 is 14.8 Å². The number of benzene rings is 1. The molecular formula is C17H20N2O2. The van der Waals surface area contributed by atoms with E-state index in [2.05, 4.69) is 16.4 Å². The van der Waals surface area contributed by atoms with Crippen molar-refractivity contribution in [1.29, 1.82) is 0 Å². The van der Waals surface area contributed by atoms with Crippen molar-refractivity contribution in [1.82, 2.24) is 4.98 Å². The first-order valence-electron chi connectivity index (χ1n) is 7.34. The minimum atomic E-state index is 0.122. The average Bonchev–Trinajstić information content (AvgIpc) is 2.49. The van der Waals surface area contributed by atoms with E-state index < -0.39 is 0 Å². The third kappa shape index (κ3) is 3.10. The van der Waals surface area contributed by atoms with Crippen LogP contribution >= 0.6 is 0 Å². The van der Waals surface area contributed by atoms with Gasteiger partial charge in [0.15, 0.2) is 11.6 Å². The van der Waals surface area contributed by atoms with Gasteiger partial charge in [-0.25, -0.2) is 4.98 Å². The maximum Gasteiger partial charge on any atom is 0.169 e. The molecule has 3 rings (SSSR count). The van der Waals surface area contributed by atoms with Crippen LogP contribution in [-0.2, 0) is 0 Å². The summed E-state index contributed by atoms with van der Waals surface area (Å²) < 4.78 is 11.5. The Bertz CT molecular complexity index is 613. The van der Waals surface area contributed by atoms with E-state index in [0.29, 0.717) is 6.61 Å². The lowest BCUT2D eigenvalue weighted by Gasteiger charge is -2.27. The van der Waals surface area contributed by atoms with Gasteiger partial charge in [-0.15, -0.1) is 0 Å². The normalized spacial score (nSPS) is 17.0. The van der Waals surface area contributed by atoms with Crippen molar-refractivity contribution in [3.8, 4) is 11.5 Å². The molecule has 0 spiro atoms. The van der Waals surface area contributed by atoms with E-state index in [0.717, 1.165) is 23.7 Å². The molecule has 0 fully saturated rings. The van der Waals surface area contributed by atoms with E-state index in [4.69, 9.17) is 9.47 Å². The number of anilines is 1. The maximum absolute atomic E-state index is 5.82. The molecule has 110 valence electrons. The monoisotopic (exact) mass is 284 g/mol. The second-order valence-electron chi connectivity index (χ2n) is 5.39. The van der Waals surface area contributed by atoms with Crippen LogP contribution in [0.1, 0.15) is 31.9 Å². The summed E-state index contributed by atoms with van der Waals surface area (Å²) in [5, 5.41) is 3.49. The predicted molar refractivity (Wildman–Crippen MR) is 82.9 cm³/mol. The lowest BCUT2D eigenvalue weighted by atomic mass is 10.0. The summed E-state index contributed by atoms with van der Waals surface area (Å²) >= 11 is 0. The van der Waals surface area contributed by atoms with Crippen LogP contribution in [0.4, 0.5) is 5.82 Å². The molecule has 1 N–H and O–H groups in total. The Morgan fingerprint density at radius 1 is 1.24 bits per heavy atom. The van der Waals surface area contributed by atoms with Crippen LogP contribution in [0.5, 0.6) is 11.5 Å². The molecule has 0 radical (unpaired) electrons. The summed E-state index contributed by atoms with van der Waals surface area (Å²) in [6.45, 7) is 4.74. The lowest BCUT2D eigenvalue weighted by molar-refractivity contribution is 0.242. The number of nitrogens with zero attached hydrogens (tertiary/aromatic N) is 1. The highest BCUT2D eigenvalue weighted by Gasteiger charge is 2.22. The Morgan fingerprint density at radius 3 is 2.95 bits per heavy atom. The Morgan fingerprint density at radius 2 is 2.10 bits per heavy atom. The molecule has 1 aromatic carbocycles. The summed E-state index contributed by atoms with van der Waals surface area (Å²) in [6.07, 6.45) is 2.81. The van der Waals surface area contributed by atoms with Gasteiger partial charge in [-0.1, -0.05) is 18.2 Å². The molecule has 0 saturated heterocycles. The van der Waals surface area contributed by atoms with Crippen molar-refractivity contribution in [2.75, 3.05) is 11.9 Å². The van der Waals surface area contributed by atoms with Crippen molar-refractivity contribution < 1.29 is 9.47 Å². The smallest absolute Gasteiger partial charge is 0.169 e. The number of rotatable bonds is 4. The molecule has 0 amide bonds. The number of hydrogen-bond acceptors (Lipinski definition) is 4. The summed E-state index contributed by atoms with van der Waals surface area (Å²) in [4.78, 5) is 4.42. The second-order valence-corrected chi connectivity index (χ2v) is 5.39. The van der Waals surface area contributed by atoms with Crippen molar-refractivity contribution in [2.45, 2.75) is 32.4 Å². The molecule has 2 heterocycles. The molecule has 0 aliphatic carbocycles. The standard InChI is InChI=1S/C17H20N2O2/c1-12(2)21-16-8-5-10-18-17(16)19-14-9-11-20-15-7-4-3-6-13(14)15/h3-8,10,12,14H,9,11H2,1-2H3,(H,18,19). The van der Waals surface area contributed by atoms with E-state index >= 15 is 0 Å². The first-order chi connectivity index (χ1) is 10.2. The number of nitrogens with one attached hydrogen (secondary N) is 1. The average molecular weight is 284 g/mol. The Labute approximate surface area is 125 Å². The zero-order valence-electron chi connectivity index (χ0n) is 12.4. The van der Waals surface area contributed by atoms with Gasteiger partial charge in [0, 0.05) is 18.2 Å². The number of para-hydroxylation sites is 1. The van der Waals surface area contributed by atoms with Gasteiger partial charge in [-0.2, -0.15) is 0 Å². The molecular weight excluding hydrogens is 264 g/mol. The number of pyridine rings is 1. The minimum absolute atomic E-state index is 0.122. The summed E-state index contributed by atoms with van der Waals surface area (Å²) in [7, 11) is 0. The molecule has 1 aliphatic rings. The molecule has 0 saturated carbocycles. The largest absolute Gasteiger partial charge is 0.493 e. The van der Waals surface area contributed by atoms with Crippen LogP contribution in [0.25, 0.3) is 0 Å². The Hall–Kier alpha value is -2.23. The quantitative estimate of drug-likeness (QED) is 0.927. The first-order valence-corrected chi connectivity index (χ1v) is 7.34. The fourth-order valence-electron chi connectivity index (χ4n) is 2.51. The molecule has 1 atom stereocenters. The van der Waals surface area contributed by atoms with Gasteiger partial charge in [0.1, 0.15) is 5.75 Å². The third-order valence-electron chi connectivity index (χ3n) is 3.40. The Balaban J connectivity index is 1.85. The van der Waals surface area contributed by atoms with Gasteiger partial charge in [0.25, 0.3) is 0 Å². The zero-order valence-corrected chi connectivity index (χ0v) is 12.4. The summed E-state index contributed by atoms with van der Waals surface area (Å²) in [5.74, 6) is 2.52. The fraction of sp³-hybridized carbons (Fsp3) is 0.353. The van der Waals surface area contributed by atoms with Gasteiger partial charge in [-0.3, -0.25) is 0 Å². The molecule has 0 bridgehead atoms. The molecule has 1 aliphatic heterocycles. The van der Waals surface area contributed by atoms with Crippen LogP contribution in [0.15, 0.2) is 42.6 Å². The number of aromatic nitrogens is 1. The van der Waals surface area contributed by atoms with Gasteiger partial charge in [0.05, 0.1) is 18.8 Å². The van der Waals surface area contributed by atoms with Crippen LogP contribution in [0.2, 0.25) is 0 Å².